The summed E-state index contributed by atoms with van der Waals surface area (Å²) in [5.41, 5.74) is 0. The van der Waals surface area contributed by atoms with Crippen molar-refractivity contribution in [2.24, 2.45) is 0 Å². The maximum Gasteiger partial charge on any atom is 0.469 e. The van der Waals surface area contributed by atoms with Crippen LogP contribution >= 0.6 is 7.82 Å². The van der Waals surface area contributed by atoms with Gasteiger partial charge in [-0.2, -0.15) is 0 Å². The second-order valence-electron chi connectivity index (χ2n) is 9.76. The van der Waals surface area contributed by atoms with Crippen molar-refractivity contribution in [2.45, 2.75) is 129 Å². The lowest BCUT2D eigenvalue weighted by Gasteiger charge is -2.18. The fraction of sp³-hybridized carbons (Fsp3) is 0.759. The average Bonchev–Trinajstić information content (AvgIpc) is 2.88. The van der Waals surface area contributed by atoms with Gasteiger partial charge in [0.15, 0.2) is 11.9 Å². The minimum absolute atomic E-state index is 0.117. The summed E-state index contributed by atoms with van der Waals surface area (Å²) < 4.78 is 25.8. The van der Waals surface area contributed by atoms with Gasteiger partial charge in [0, 0.05) is 19.3 Å². The number of unbranched alkanes of at least 4 members (excludes halogenated alkanes) is 11. The van der Waals surface area contributed by atoms with Gasteiger partial charge < -0.3 is 19.3 Å². The fourth-order valence-electron chi connectivity index (χ4n) is 3.70. The fourth-order valence-corrected chi connectivity index (χ4v) is 4.06. The van der Waals surface area contributed by atoms with Gasteiger partial charge in [-0.15, -0.1) is 0 Å². The summed E-state index contributed by atoms with van der Waals surface area (Å²) in [5.74, 6) is -0.879. The molecule has 1 atom stereocenters. The standard InChI is InChI=1S/C29H51O9P/c1-3-5-7-9-10-13-16-20-26(30)21-17-14-11-15-18-22-28(31)36-24-27(25-37-39(33,34)35)38-29(32)23-19-12-8-6-4-2/h10,13,16,20,27H,3-9,11-12,14-15,17-19,21-25H2,1-2H3,(H2,33,34,35)/b13-10-,20-16+/t27-/m1/s1. The highest BCUT2D eigenvalue weighted by atomic mass is 31.2. The van der Waals surface area contributed by atoms with E-state index in [2.05, 4.69) is 24.4 Å². The van der Waals surface area contributed by atoms with E-state index in [1.165, 1.54) is 19.3 Å². The normalized spacial score (nSPS) is 12.7. The van der Waals surface area contributed by atoms with E-state index in [9.17, 15) is 18.9 Å². The molecule has 9 nitrogen and oxygen atoms in total. The number of carbonyl (C=O) groups is 3. The second-order valence-corrected chi connectivity index (χ2v) is 11.0. The van der Waals surface area contributed by atoms with Gasteiger partial charge in [0.2, 0.25) is 0 Å². The van der Waals surface area contributed by atoms with Gasteiger partial charge in [0.25, 0.3) is 0 Å². The summed E-state index contributed by atoms with van der Waals surface area (Å²) in [4.78, 5) is 53.9. The number of hydrogen-bond acceptors (Lipinski definition) is 7. The van der Waals surface area contributed by atoms with Crippen LogP contribution in [0.4, 0.5) is 0 Å². The van der Waals surface area contributed by atoms with Gasteiger partial charge in [-0.3, -0.25) is 18.9 Å². The van der Waals surface area contributed by atoms with Gasteiger partial charge in [0.05, 0.1) is 6.61 Å². The predicted octanol–water partition coefficient (Wildman–Crippen LogP) is 6.90. The van der Waals surface area contributed by atoms with Crippen LogP contribution in [0, 0.1) is 0 Å². The molecule has 0 heterocycles. The first-order chi connectivity index (χ1) is 18.7. The third-order valence-electron chi connectivity index (χ3n) is 5.95. The zero-order chi connectivity index (χ0) is 29.2. The molecule has 0 amide bonds. The minimum atomic E-state index is -4.75. The van der Waals surface area contributed by atoms with Crippen molar-refractivity contribution in [2.75, 3.05) is 13.2 Å². The van der Waals surface area contributed by atoms with Crippen molar-refractivity contribution < 1.29 is 42.7 Å². The number of ether oxygens (including phenoxy) is 2. The Kier molecular flexibility index (Phi) is 24.0. The first-order valence-electron chi connectivity index (χ1n) is 14.6. The van der Waals surface area contributed by atoms with Crippen molar-refractivity contribution in [1.82, 2.24) is 0 Å². The summed E-state index contributed by atoms with van der Waals surface area (Å²) >= 11 is 0. The topological polar surface area (TPSA) is 136 Å². The van der Waals surface area contributed by atoms with Crippen LogP contribution in [0.1, 0.15) is 123 Å². The predicted molar refractivity (Wildman–Crippen MR) is 152 cm³/mol. The average molecular weight is 575 g/mol. The Morgan fingerprint density at radius 1 is 0.718 bits per heavy atom. The quantitative estimate of drug-likeness (QED) is 0.0371. The molecular weight excluding hydrogens is 523 g/mol. The molecule has 0 aromatic rings. The van der Waals surface area contributed by atoms with Crippen LogP contribution in [-0.4, -0.2) is 46.8 Å². The number of ketones is 1. The molecule has 0 aromatic carbocycles. The van der Waals surface area contributed by atoms with Gasteiger partial charge in [-0.1, -0.05) is 89.9 Å². The summed E-state index contributed by atoms with van der Waals surface area (Å²) in [7, 11) is -4.75. The van der Waals surface area contributed by atoms with Gasteiger partial charge in [0.1, 0.15) is 6.61 Å². The minimum Gasteiger partial charge on any atom is -0.462 e. The van der Waals surface area contributed by atoms with Crippen LogP contribution in [0.15, 0.2) is 24.3 Å². The molecule has 0 bridgehead atoms. The van der Waals surface area contributed by atoms with Crippen molar-refractivity contribution >= 4 is 25.5 Å². The van der Waals surface area contributed by atoms with Crippen LogP contribution in [0.5, 0.6) is 0 Å². The molecule has 2 N–H and O–H groups in total. The van der Waals surface area contributed by atoms with Gasteiger partial charge in [-0.25, -0.2) is 4.57 Å². The first-order valence-corrected chi connectivity index (χ1v) is 16.1. The van der Waals surface area contributed by atoms with Crippen molar-refractivity contribution in [3.63, 3.8) is 0 Å². The van der Waals surface area contributed by atoms with Crippen LogP contribution in [-0.2, 0) is 32.9 Å². The van der Waals surface area contributed by atoms with Crippen LogP contribution < -0.4 is 0 Å². The molecule has 10 heteroatoms. The molecule has 0 aliphatic carbocycles. The molecule has 0 aliphatic heterocycles. The van der Waals surface area contributed by atoms with Crippen molar-refractivity contribution in [3.05, 3.63) is 24.3 Å². The number of carbonyl (C=O) groups excluding carboxylic acids is 3. The highest BCUT2D eigenvalue weighted by Crippen LogP contribution is 2.35. The van der Waals surface area contributed by atoms with E-state index in [-0.39, 0.29) is 25.2 Å². The van der Waals surface area contributed by atoms with E-state index in [1.54, 1.807) is 12.2 Å². The Morgan fingerprint density at radius 3 is 1.92 bits per heavy atom. The Labute approximate surface area is 235 Å². The maximum absolute atomic E-state index is 12.1. The van der Waals surface area contributed by atoms with Crippen molar-refractivity contribution in [1.29, 1.82) is 0 Å². The molecule has 39 heavy (non-hydrogen) atoms. The number of hydrogen-bond donors (Lipinski definition) is 2. The Hall–Kier alpha value is -1.80. The number of rotatable bonds is 26. The lowest BCUT2D eigenvalue weighted by atomic mass is 10.1. The highest BCUT2D eigenvalue weighted by Gasteiger charge is 2.22. The summed E-state index contributed by atoms with van der Waals surface area (Å²) in [5, 5.41) is 0. The number of esters is 2. The van der Waals surface area contributed by atoms with E-state index >= 15 is 0 Å². The van der Waals surface area contributed by atoms with Crippen LogP contribution in [0.25, 0.3) is 0 Å². The largest absolute Gasteiger partial charge is 0.469 e. The lowest BCUT2D eigenvalue weighted by molar-refractivity contribution is -0.161. The summed E-state index contributed by atoms with van der Waals surface area (Å²) in [6.45, 7) is 3.37. The number of phosphoric ester groups is 1. The van der Waals surface area contributed by atoms with E-state index < -0.39 is 32.5 Å². The third-order valence-corrected chi connectivity index (χ3v) is 6.43. The van der Waals surface area contributed by atoms with E-state index in [1.807, 2.05) is 6.08 Å². The molecule has 0 radical (unpaired) electrons. The molecule has 0 spiro atoms. The zero-order valence-electron chi connectivity index (χ0n) is 24.0. The van der Waals surface area contributed by atoms with Gasteiger partial charge in [-0.05, 0) is 38.2 Å². The molecule has 0 fully saturated rings. The second kappa shape index (κ2) is 25.2. The summed E-state index contributed by atoms with van der Waals surface area (Å²) in [6.07, 6.45) is 20.7. The monoisotopic (exact) mass is 574 g/mol. The molecule has 0 saturated heterocycles. The molecule has 226 valence electrons. The molecule has 0 unspecified atom stereocenters. The Morgan fingerprint density at radius 2 is 1.28 bits per heavy atom. The molecule has 0 aromatic heterocycles. The Balaban J connectivity index is 4.09. The van der Waals surface area contributed by atoms with Crippen LogP contribution in [0.2, 0.25) is 0 Å². The van der Waals surface area contributed by atoms with E-state index in [0.717, 1.165) is 57.8 Å². The SMILES string of the molecule is CCCCC/C=C\C=C\C(=O)CCCCCCCC(=O)OC[C@H](COP(=O)(O)O)OC(=O)CCCCCCC. The van der Waals surface area contributed by atoms with E-state index in [4.69, 9.17) is 19.3 Å². The maximum atomic E-state index is 12.1. The molecular formula is C29H51O9P. The molecule has 0 saturated carbocycles. The highest BCUT2D eigenvalue weighted by molar-refractivity contribution is 7.46. The van der Waals surface area contributed by atoms with Crippen molar-refractivity contribution in [3.8, 4) is 0 Å². The first kappa shape index (κ1) is 37.2. The molecule has 0 aliphatic rings. The van der Waals surface area contributed by atoms with Crippen LogP contribution in [0.3, 0.4) is 0 Å². The van der Waals surface area contributed by atoms with Gasteiger partial charge >= 0.3 is 19.8 Å². The van der Waals surface area contributed by atoms with E-state index in [0.29, 0.717) is 19.3 Å². The number of phosphoric acid groups is 1. The number of allylic oxidation sites excluding steroid dienone is 4. The summed E-state index contributed by atoms with van der Waals surface area (Å²) in [6, 6.07) is 0. The Bertz CT molecular complexity index is 758. The zero-order valence-corrected chi connectivity index (χ0v) is 24.9. The third kappa shape index (κ3) is 27.6. The lowest BCUT2D eigenvalue weighted by Crippen LogP contribution is -2.29. The smallest absolute Gasteiger partial charge is 0.462 e. The molecule has 0 rings (SSSR count).